The van der Waals surface area contributed by atoms with E-state index in [2.05, 4.69) is 14.1 Å². The molecule has 0 bridgehead atoms. The highest BCUT2D eigenvalue weighted by Crippen LogP contribution is 2.30. The van der Waals surface area contributed by atoms with Gasteiger partial charge in [0.1, 0.15) is 12.9 Å². The lowest BCUT2D eigenvalue weighted by atomic mass is 10.0. The zero-order valence-corrected chi connectivity index (χ0v) is 21.5. The van der Waals surface area contributed by atoms with Gasteiger partial charge in [-0.05, 0) is 60.9 Å². The van der Waals surface area contributed by atoms with Crippen LogP contribution in [0.5, 0.6) is 0 Å². The molecule has 1 fully saturated rings. The van der Waals surface area contributed by atoms with E-state index < -0.39 is 10.0 Å². The van der Waals surface area contributed by atoms with Crippen molar-refractivity contribution in [1.82, 2.24) is 14.3 Å². The SMILES string of the molecule is O=C(CN1CCCc2cc(Cl)ccc21)N1CCN(c2ccc(S(=O)(=O)Nc3ncns3)cc2)C(=O)C1. The second-order valence-corrected chi connectivity index (χ2v) is 11.4. The van der Waals surface area contributed by atoms with Gasteiger partial charge < -0.3 is 14.7 Å². The maximum Gasteiger partial charge on any atom is 0.263 e. The first kappa shape index (κ1) is 24.5. The summed E-state index contributed by atoms with van der Waals surface area (Å²) in [6.07, 6.45) is 3.13. The molecule has 3 aromatic rings. The lowest BCUT2D eigenvalue weighted by molar-refractivity contribution is -0.135. The third-order valence-electron chi connectivity index (χ3n) is 6.20. The molecular weight excluding hydrogens is 524 g/mol. The number of rotatable bonds is 6. The van der Waals surface area contributed by atoms with Gasteiger partial charge in [0.25, 0.3) is 10.0 Å². The quantitative estimate of drug-likeness (QED) is 0.505. The van der Waals surface area contributed by atoms with E-state index >= 15 is 0 Å². The number of amides is 2. The van der Waals surface area contributed by atoms with Crippen LogP contribution in [0.25, 0.3) is 0 Å². The lowest BCUT2D eigenvalue weighted by Crippen LogP contribution is -2.54. The number of piperazine rings is 1. The maximum atomic E-state index is 13.0. The monoisotopic (exact) mass is 546 g/mol. The van der Waals surface area contributed by atoms with E-state index in [0.717, 1.165) is 42.2 Å². The molecule has 10 nitrogen and oxygen atoms in total. The molecule has 5 rings (SSSR count). The van der Waals surface area contributed by atoms with Crippen LogP contribution in [0.15, 0.2) is 53.7 Å². The summed E-state index contributed by atoms with van der Waals surface area (Å²) in [6, 6.07) is 11.8. The van der Waals surface area contributed by atoms with Gasteiger partial charge in [0, 0.05) is 47.6 Å². The summed E-state index contributed by atoms with van der Waals surface area (Å²) in [6.45, 7) is 1.67. The molecule has 3 heterocycles. The molecule has 2 aromatic carbocycles. The van der Waals surface area contributed by atoms with Gasteiger partial charge in [-0.2, -0.15) is 4.37 Å². The van der Waals surface area contributed by atoms with Crippen molar-refractivity contribution >= 4 is 61.5 Å². The van der Waals surface area contributed by atoms with Crippen molar-refractivity contribution < 1.29 is 18.0 Å². The smallest absolute Gasteiger partial charge is 0.263 e. The minimum absolute atomic E-state index is 0.0290. The van der Waals surface area contributed by atoms with Gasteiger partial charge in [0.15, 0.2) is 0 Å². The van der Waals surface area contributed by atoms with E-state index in [1.165, 1.54) is 18.5 Å². The number of aryl methyl sites for hydroxylation is 1. The molecule has 2 aliphatic rings. The zero-order chi connectivity index (χ0) is 25.3. The zero-order valence-electron chi connectivity index (χ0n) is 19.1. The Morgan fingerprint density at radius 3 is 2.64 bits per heavy atom. The predicted molar refractivity (Wildman–Crippen MR) is 138 cm³/mol. The summed E-state index contributed by atoms with van der Waals surface area (Å²) in [4.78, 5) is 35.0. The van der Waals surface area contributed by atoms with Crippen LogP contribution in [-0.4, -0.2) is 67.2 Å². The molecule has 2 amide bonds. The van der Waals surface area contributed by atoms with Crippen molar-refractivity contribution in [2.75, 3.05) is 47.2 Å². The fourth-order valence-electron chi connectivity index (χ4n) is 4.43. The van der Waals surface area contributed by atoms with Crippen LogP contribution < -0.4 is 14.5 Å². The van der Waals surface area contributed by atoms with Crippen LogP contribution in [0.1, 0.15) is 12.0 Å². The average Bonchev–Trinajstić information content (AvgIpc) is 3.36. The molecule has 0 radical (unpaired) electrons. The minimum atomic E-state index is -3.81. The number of carbonyl (C=O) groups excluding carboxylic acids is 2. The molecule has 2 aliphatic heterocycles. The van der Waals surface area contributed by atoms with Crippen molar-refractivity contribution in [1.29, 1.82) is 0 Å². The fourth-order valence-corrected chi connectivity index (χ4v) is 6.28. The topological polar surface area (TPSA) is 116 Å². The van der Waals surface area contributed by atoms with E-state index in [-0.39, 0.29) is 34.9 Å². The number of aromatic nitrogens is 2. The Labute approximate surface area is 217 Å². The molecular formula is C23H23ClN6O4S2. The first-order chi connectivity index (χ1) is 17.3. The molecule has 0 aliphatic carbocycles. The Kier molecular flexibility index (Phi) is 6.82. The van der Waals surface area contributed by atoms with E-state index in [1.54, 1.807) is 21.9 Å². The van der Waals surface area contributed by atoms with Gasteiger partial charge in [0.05, 0.1) is 11.4 Å². The van der Waals surface area contributed by atoms with E-state index in [0.29, 0.717) is 23.8 Å². The van der Waals surface area contributed by atoms with Gasteiger partial charge >= 0.3 is 0 Å². The van der Waals surface area contributed by atoms with Crippen molar-refractivity contribution in [3.05, 3.63) is 59.4 Å². The summed E-state index contributed by atoms with van der Waals surface area (Å²) in [7, 11) is -3.81. The number of halogens is 1. The number of benzene rings is 2. The standard InChI is InChI=1S/C23H23ClN6O4S2/c24-17-3-8-20-16(12-17)2-1-9-28(20)13-21(31)29-10-11-30(22(32)14-29)18-4-6-19(7-5-18)36(33,34)27-23-25-15-26-35-23/h3-8,12,15H,1-2,9-11,13-14H2,(H,25,26,27). The van der Waals surface area contributed by atoms with Crippen LogP contribution in [0.2, 0.25) is 5.02 Å². The van der Waals surface area contributed by atoms with Crippen molar-refractivity contribution in [3.8, 4) is 0 Å². The van der Waals surface area contributed by atoms with Gasteiger partial charge in [-0.25, -0.2) is 13.4 Å². The summed E-state index contributed by atoms with van der Waals surface area (Å²) in [5.41, 5.74) is 2.72. The van der Waals surface area contributed by atoms with Crippen molar-refractivity contribution in [2.45, 2.75) is 17.7 Å². The van der Waals surface area contributed by atoms with Gasteiger partial charge in [-0.3, -0.25) is 14.3 Å². The largest absolute Gasteiger partial charge is 0.362 e. The second kappa shape index (κ2) is 10.0. The Morgan fingerprint density at radius 2 is 1.92 bits per heavy atom. The van der Waals surface area contributed by atoms with E-state index in [4.69, 9.17) is 11.6 Å². The summed E-state index contributed by atoms with van der Waals surface area (Å²) >= 11 is 7.05. The molecule has 1 N–H and O–H groups in total. The summed E-state index contributed by atoms with van der Waals surface area (Å²) in [5.74, 6) is -0.321. The van der Waals surface area contributed by atoms with E-state index in [1.807, 2.05) is 23.1 Å². The Bertz CT molecular complexity index is 1380. The summed E-state index contributed by atoms with van der Waals surface area (Å²) < 4.78 is 31.2. The number of hydrogen-bond donors (Lipinski definition) is 1. The molecule has 0 unspecified atom stereocenters. The number of sulfonamides is 1. The maximum absolute atomic E-state index is 13.0. The fraction of sp³-hybridized carbons (Fsp3) is 0.304. The molecule has 188 valence electrons. The third-order valence-corrected chi connectivity index (χ3v) is 8.50. The van der Waals surface area contributed by atoms with Crippen molar-refractivity contribution in [3.63, 3.8) is 0 Å². The molecule has 0 spiro atoms. The van der Waals surface area contributed by atoms with Crippen LogP contribution in [0.3, 0.4) is 0 Å². The van der Waals surface area contributed by atoms with Crippen LogP contribution in [0, 0.1) is 0 Å². The first-order valence-corrected chi connectivity index (χ1v) is 13.9. The van der Waals surface area contributed by atoms with Crippen LogP contribution in [0.4, 0.5) is 16.5 Å². The van der Waals surface area contributed by atoms with Gasteiger partial charge in [-0.15, -0.1) is 0 Å². The number of nitrogens with one attached hydrogen (secondary N) is 1. The lowest BCUT2D eigenvalue weighted by Gasteiger charge is -2.37. The number of anilines is 3. The first-order valence-electron chi connectivity index (χ1n) is 11.3. The number of fused-ring (bicyclic) bond motifs is 1. The van der Waals surface area contributed by atoms with Crippen LogP contribution >= 0.6 is 23.1 Å². The Hall–Kier alpha value is -3.22. The molecule has 1 saturated heterocycles. The number of nitrogens with zero attached hydrogens (tertiary/aromatic N) is 5. The highest BCUT2D eigenvalue weighted by molar-refractivity contribution is 7.93. The highest BCUT2D eigenvalue weighted by atomic mass is 35.5. The molecule has 13 heteroatoms. The summed E-state index contributed by atoms with van der Waals surface area (Å²) in [5, 5.41) is 0.856. The van der Waals surface area contributed by atoms with Crippen molar-refractivity contribution in [2.24, 2.45) is 0 Å². The van der Waals surface area contributed by atoms with Crippen LogP contribution in [-0.2, 0) is 26.0 Å². The van der Waals surface area contributed by atoms with Gasteiger partial charge in [0.2, 0.25) is 16.9 Å². The highest BCUT2D eigenvalue weighted by Gasteiger charge is 2.30. The Morgan fingerprint density at radius 1 is 1.11 bits per heavy atom. The minimum Gasteiger partial charge on any atom is -0.362 e. The molecule has 36 heavy (non-hydrogen) atoms. The second-order valence-electron chi connectivity index (χ2n) is 8.50. The average molecular weight is 547 g/mol. The Balaban J connectivity index is 1.21. The molecule has 0 saturated carbocycles. The number of carbonyl (C=O) groups is 2. The van der Waals surface area contributed by atoms with E-state index in [9.17, 15) is 18.0 Å². The molecule has 0 atom stereocenters. The number of hydrogen-bond acceptors (Lipinski definition) is 8. The molecule has 1 aromatic heterocycles. The third kappa shape index (κ3) is 5.15. The predicted octanol–water partition coefficient (Wildman–Crippen LogP) is 2.62. The van der Waals surface area contributed by atoms with Gasteiger partial charge in [-0.1, -0.05) is 11.6 Å². The normalized spacial score (nSPS) is 16.1.